The maximum absolute atomic E-state index is 12.4. The van der Waals surface area contributed by atoms with Gasteiger partial charge in [0.1, 0.15) is 23.6 Å². The molecule has 2 unspecified atom stereocenters. The van der Waals surface area contributed by atoms with Crippen LogP contribution in [-0.4, -0.2) is 33.8 Å². The highest BCUT2D eigenvalue weighted by atomic mass is 32.2. The minimum absolute atomic E-state index is 0.0743. The summed E-state index contributed by atoms with van der Waals surface area (Å²) in [5.41, 5.74) is 0. The summed E-state index contributed by atoms with van der Waals surface area (Å²) < 4.78 is 15.3. The summed E-state index contributed by atoms with van der Waals surface area (Å²) >= 11 is 0. The number of terminal acetylenes is 1. The molecule has 0 radical (unpaired) electrons. The third kappa shape index (κ3) is 12.1. The molecule has 0 spiro atoms. The Morgan fingerprint density at radius 1 is 1.10 bits per heavy atom. The van der Waals surface area contributed by atoms with Crippen LogP contribution in [0.15, 0.2) is 35.2 Å². The van der Waals surface area contributed by atoms with Crippen molar-refractivity contribution in [2.75, 3.05) is 6.54 Å². The second kappa shape index (κ2) is 15.7. The summed E-state index contributed by atoms with van der Waals surface area (Å²) in [7, 11) is -1.51. The minimum atomic E-state index is -1.51. The van der Waals surface area contributed by atoms with E-state index in [1.165, 1.54) is 0 Å². The summed E-state index contributed by atoms with van der Waals surface area (Å²) in [5.74, 6) is -0.585. The molecule has 1 fully saturated rings. The molecule has 0 bridgehead atoms. The number of nitrogens with one attached hydrogen (secondary N) is 2. The number of carboxylic acid groups (broad SMARTS) is 1. The SMILES string of the molecule is C#C.CC(C)C.O=C(O)CNC(=O)C(NS(=O)c1ccccc1)C1CCCCC1. The number of carboxylic acids is 1. The molecule has 1 amide bonds. The van der Waals surface area contributed by atoms with Gasteiger partial charge in [0.25, 0.3) is 0 Å². The van der Waals surface area contributed by atoms with Crippen LogP contribution in [0.25, 0.3) is 0 Å². The van der Waals surface area contributed by atoms with Crippen LogP contribution in [0.4, 0.5) is 0 Å². The summed E-state index contributed by atoms with van der Waals surface area (Å²) in [4.78, 5) is 23.6. The van der Waals surface area contributed by atoms with Crippen molar-refractivity contribution in [3.8, 4) is 12.8 Å². The van der Waals surface area contributed by atoms with E-state index in [2.05, 4.69) is 43.7 Å². The van der Waals surface area contributed by atoms with Crippen LogP contribution in [-0.2, 0) is 20.6 Å². The van der Waals surface area contributed by atoms with Gasteiger partial charge < -0.3 is 10.4 Å². The Balaban J connectivity index is 0.00000116. The fourth-order valence-electron chi connectivity index (χ4n) is 2.83. The van der Waals surface area contributed by atoms with Crippen molar-refractivity contribution < 1.29 is 18.9 Å². The van der Waals surface area contributed by atoms with Crippen LogP contribution < -0.4 is 10.0 Å². The van der Waals surface area contributed by atoms with E-state index in [1.54, 1.807) is 24.3 Å². The van der Waals surface area contributed by atoms with E-state index in [0.29, 0.717) is 4.90 Å². The molecule has 1 aromatic carbocycles. The van der Waals surface area contributed by atoms with E-state index < -0.39 is 35.4 Å². The molecule has 29 heavy (non-hydrogen) atoms. The number of carbonyl (C=O) groups is 2. The van der Waals surface area contributed by atoms with E-state index in [9.17, 15) is 13.8 Å². The van der Waals surface area contributed by atoms with Crippen molar-refractivity contribution in [3.05, 3.63) is 30.3 Å². The van der Waals surface area contributed by atoms with Crippen LogP contribution in [0, 0.1) is 24.7 Å². The summed E-state index contributed by atoms with van der Waals surface area (Å²) in [6.07, 6.45) is 13.0. The number of carbonyl (C=O) groups excluding carboxylic acids is 1. The predicted octanol–water partition coefficient (Wildman–Crippen LogP) is 3.36. The molecule has 1 aromatic rings. The highest BCUT2D eigenvalue weighted by Gasteiger charge is 2.31. The van der Waals surface area contributed by atoms with Gasteiger partial charge in [-0.05, 0) is 36.8 Å². The predicted molar refractivity (Wildman–Crippen MR) is 117 cm³/mol. The Labute approximate surface area is 177 Å². The van der Waals surface area contributed by atoms with Crippen LogP contribution in [0.5, 0.6) is 0 Å². The molecule has 7 heteroatoms. The van der Waals surface area contributed by atoms with Gasteiger partial charge in [-0.15, -0.1) is 12.8 Å². The van der Waals surface area contributed by atoms with Crippen molar-refractivity contribution in [1.82, 2.24) is 10.0 Å². The lowest BCUT2D eigenvalue weighted by Crippen LogP contribution is -2.50. The minimum Gasteiger partial charge on any atom is -0.480 e. The molecule has 0 saturated heterocycles. The van der Waals surface area contributed by atoms with Crippen LogP contribution >= 0.6 is 0 Å². The standard InChI is InChI=1S/C16H22N2O4S.C4H10.C2H2/c19-14(20)11-17-16(21)15(12-7-3-1-4-8-12)18-23(22)13-9-5-2-6-10-13;1-4(2)3;1-2/h2,5-6,9-10,12,15,18H,1,3-4,7-8,11H2,(H,17,21)(H,19,20);4H,1-3H3;1-2H. The Hall–Kier alpha value is -2.17. The van der Waals surface area contributed by atoms with Gasteiger partial charge in [-0.25, -0.2) is 8.93 Å². The Morgan fingerprint density at radius 2 is 1.62 bits per heavy atom. The van der Waals surface area contributed by atoms with E-state index >= 15 is 0 Å². The third-order valence-electron chi connectivity index (χ3n) is 4.01. The molecule has 1 aliphatic rings. The largest absolute Gasteiger partial charge is 0.480 e. The topological polar surface area (TPSA) is 95.5 Å². The second-order valence-corrected chi connectivity index (χ2v) is 8.66. The van der Waals surface area contributed by atoms with E-state index in [0.717, 1.165) is 38.0 Å². The smallest absolute Gasteiger partial charge is 0.322 e. The fourth-order valence-corrected chi connectivity index (χ4v) is 3.90. The summed E-state index contributed by atoms with van der Waals surface area (Å²) in [6, 6.07) is 8.23. The van der Waals surface area contributed by atoms with Crippen molar-refractivity contribution in [1.29, 1.82) is 0 Å². The second-order valence-electron chi connectivity index (χ2n) is 7.42. The summed E-state index contributed by atoms with van der Waals surface area (Å²) in [6.45, 7) is 6.07. The zero-order valence-corrected chi connectivity index (χ0v) is 18.4. The first-order valence-corrected chi connectivity index (χ1v) is 11.0. The first-order valence-electron chi connectivity index (χ1n) is 9.87. The van der Waals surface area contributed by atoms with Crippen molar-refractivity contribution in [2.45, 2.75) is 63.8 Å². The van der Waals surface area contributed by atoms with E-state index in [-0.39, 0.29) is 5.92 Å². The first kappa shape index (κ1) is 26.8. The lowest BCUT2D eigenvalue weighted by Gasteiger charge is -2.29. The maximum atomic E-state index is 12.4. The molecule has 1 aliphatic carbocycles. The molecule has 0 aliphatic heterocycles. The molecular weight excluding hydrogens is 388 g/mol. The lowest BCUT2D eigenvalue weighted by atomic mass is 9.84. The van der Waals surface area contributed by atoms with Crippen molar-refractivity contribution in [2.24, 2.45) is 11.8 Å². The molecule has 3 N–H and O–H groups in total. The van der Waals surface area contributed by atoms with Gasteiger partial charge in [-0.1, -0.05) is 58.2 Å². The van der Waals surface area contributed by atoms with Gasteiger partial charge in [0, 0.05) is 0 Å². The van der Waals surface area contributed by atoms with Crippen LogP contribution in [0.1, 0.15) is 52.9 Å². The van der Waals surface area contributed by atoms with Gasteiger partial charge in [0.15, 0.2) is 0 Å². The molecule has 162 valence electrons. The number of hydrogen-bond acceptors (Lipinski definition) is 3. The zero-order valence-electron chi connectivity index (χ0n) is 17.6. The highest BCUT2D eigenvalue weighted by Crippen LogP contribution is 2.27. The Bertz CT molecular complexity index is 638. The quantitative estimate of drug-likeness (QED) is 0.587. The molecular formula is C22H34N2O4S. The molecule has 0 heterocycles. The van der Waals surface area contributed by atoms with E-state index in [4.69, 9.17) is 5.11 Å². The van der Waals surface area contributed by atoms with Gasteiger partial charge in [-0.2, -0.15) is 0 Å². The van der Waals surface area contributed by atoms with Gasteiger partial charge in [-0.3, -0.25) is 9.59 Å². The zero-order chi connectivity index (χ0) is 22.2. The molecule has 6 nitrogen and oxygen atoms in total. The Kier molecular flexibility index (Phi) is 14.5. The number of hydrogen-bond donors (Lipinski definition) is 3. The average Bonchev–Trinajstić information content (AvgIpc) is 2.72. The third-order valence-corrected chi connectivity index (χ3v) is 5.18. The van der Waals surface area contributed by atoms with Gasteiger partial charge in [0.2, 0.25) is 5.91 Å². The summed E-state index contributed by atoms with van der Waals surface area (Å²) in [5, 5.41) is 11.1. The molecule has 0 aromatic heterocycles. The normalized spacial score (nSPS) is 15.7. The number of rotatable bonds is 7. The van der Waals surface area contributed by atoms with Crippen LogP contribution in [0.2, 0.25) is 0 Å². The lowest BCUT2D eigenvalue weighted by molar-refractivity contribution is -0.138. The molecule has 2 atom stereocenters. The number of benzene rings is 1. The molecule has 2 rings (SSSR count). The highest BCUT2D eigenvalue weighted by molar-refractivity contribution is 7.83. The van der Waals surface area contributed by atoms with Crippen molar-refractivity contribution >= 4 is 22.9 Å². The van der Waals surface area contributed by atoms with Gasteiger partial charge >= 0.3 is 5.97 Å². The first-order chi connectivity index (χ1) is 13.8. The maximum Gasteiger partial charge on any atom is 0.322 e. The Morgan fingerprint density at radius 3 is 2.10 bits per heavy atom. The fraction of sp³-hybridized carbons (Fsp3) is 0.545. The average molecular weight is 423 g/mol. The number of aliphatic carboxylic acids is 1. The van der Waals surface area contributed by atoms with Crippen LogP contribution in [0.3, 0.4) is 0 Å². The van der Waals surface area contributed by atoms with Gasteiger partial charge in [0.05, 0.1) is 4.90 Å². The van der Waals surface area contributed by atoms with Crippen molar-refractivity contribution in [3.63, 3.8) is 0 Å². The number of amides is 1. The van der Waals surface area contributed by atoms with E-state index in [1.807, 2.05) is 6.07 Å². The monoisotopic (exact) mass is 422 g/mol. The molecule has 1 saturated carbocycles.